The molecule has 2 rings (SSSR count). The molecule has 2 aromatic rings. The monoisotopic (exact) mass is 326 g/mol. The number of rotatable bonds is 2. The fourth-order valence-corrected chi connectivity index (χ4v) is 3.23. The minimum atomic E-state index is -0.282. The lowest BCUT2D eigenvalue weighted by Crippen LogP contribution is -2.15. The van der Waals surface area contributed by atoms with Gasteiger partial charge in [0.15, 0.2) is 0 Å². The molecule has 2 aromatic carbocycles. The predicted molar refractivity (Wildman–Crippen MR) is 89.3 cm³/mol. The van der Waals surface area contributed by atoms with Crippen LogP contribution in [-0.4, -0.2) is 0 Å². The molecule has 0 saturated heterocycles. The van der Waals surface area contributed by atoms with Crippen molar-refractivity contribution < 1.29 is 0 Å². The summed E-state index contributed by atoms with van der Waals surface area (Å²) in [6, 6.07) is 13.7. The van der Waals surface area contributed by atoms with Gasteiger partial charge in [0.1, 0.15) is 0 Å². The second-order valence-corrected chi connectivity index (χ2v) is 7.15. The van der Waals surface area contributed by atoms with Crippen molar-refractivity contribution >= 4 is 34.8 Å². The van der Waals surface area contributed by atoms with Crippen molar-refractivity contribution in [2.24, 2.45) is 0 Å². The van der Waals surface area contributed by atoms with Crippen LogP contribution in [-0.2, 0) is 5.41 Å². The van der Waals surface area contributed by atoms with E-state index in [1.54, 1.807) is 6.07 Å². The Morgan fingerprint density at radius 1 is 0.900 bits per heavy atom. The third kappa shape index (κ3) is 3.31. The molecule has 0 aliphatic rings. The molecule has 0 saturated carbocycles. The number of hydrogen-bond donors (Lipinski definition) is 0. The van der Waals surface area contributed by atoms with Crippen LogP contribution in [0.5, 0.6) is 0 Å². The largest absolute Gasteiger partial charge is 0.113 e. The van der Waals surface area contributed by atoms with Gasteiger partial charge < -0.3 is 0 Å². The van der Waals surface area contributed by atoms with Crippen molar-refractivity contribution in [3.8, 4) is 0 Å². The quantitative estimate of drug-likeness (QED) is 0.544. The van der Waals surface area contributed by atoms with E-state index in [-0.39, 0.29) is 10.8 Å². The SMILES string of the molecule is CC(C)(C)c1ccccc1C(Cl)c1ccc(Cl)cc1Cl. The van der Waals surface area contributed by atoms with Gasteiger partial charge in [-0.15, -0.1) is 11.6 Å². The topological polar surface area (TPSA) is 0 Å². The van der Waals surface area contributed by atoms with Gasteiger partial charge in [-0.05, 0) is 34.2 Å². The van der Waals surface area contributed by atoms with Crippen molar-refractivity contribution in [3.63, 3.8) is 0 Å². The summed E-state index contributed by atoms with van der Waals surface area (Å²) in [5.41, 5.74) is 3.23. The smallest absolute Gasteiger partial charge is 0.0852 e. The fraction of sp³-hybridized carbons (Fsp3) is 0.294. The molecule has 0 aliphatic heterocycles. The molecule has 0 fully saturated rings. The van der Waals surface area contributed by atoms with E-state index in [4.69, 9.17) is 34.8 Å². The molecule has 0 spiro atoms. The highest BCUT2D eigenvalue weighted by atomic mass is 35.5. The lowest BCUT2D eigenvalue weighted by atomic mass is 9.82. The maximum absolute atomic E-state index is 6.67. The summed E-state index contributed by atoms with van der Waals surface area (Å²) in [4.78, 5) is 0. The van der Waals surface area contributed by atoms with E-state index in [9.17, 15) is 0 Å². The maximum Gasteiger partial charge on any atom is 0.0852 e. The first-order valence-corrected chi connectivity index (χ1v) is 7.68. The zero-order valence-corrected chi connectivity index (χ0v) is 14.0. The summed E-state index contributed by atoms with van der Waals surface area (Å²) >= 11 is 18.9. The molecular formula is C17H17Cl3. The molecule has 0 bridgehead atoms. The molecule has 106 valence electrons. The van der Waals surface area contributed by atoms with Crippen LogP contribution in [0.2, 0.25) is 10.0 Å². The first kappa shape index (κ1) is 15.7. The van der Waals surface area contributed by atoms with Gasteiger partial charge in [-0.1, -0.05) is 74.3 Å². The van der Waals surface area contributed by atoms with E-state index < -0.39 is 0 Å². The van der Waals surface area contributed by atoms with E-state index in [1.807, 2.05) is 24.3 Å². The van der Waals surface area contributed by atoms with Gasteiger partial charge in [-0.25, -0.2) is 0 Å². The van der Waals surface area contributed by atoms with Crippen LogP contribution in [0.4, 0.5) is 0 Å². The van der Waals surface area contributed by atoms with Crippen LogP contribution in [0.25, 0.3) is 0 Å². The highest BCUT2D eigenvalue weighted by molar-refractivity contribution is 6.36. The summed E-state index contributed by atoms with van der Waals surface area (Å²) in [6.45, 7) is 6.54. The van der Waals surface area contributed by atoms with Gasteiger partial charge in [0.25, 0.3) is 0 Å². The Morgan fingerprint density at radius 2 is 1.55 bits per heavy atom. The Bertz CT molecular complexity index is 612. The van der Waals surface area contributed by atoms with Gasteiger partial charge in [-0.3, -0.25) is 0 Å². The molecule has 0 nitrogen and oxygen atoms in total. The average molecular weight is 328 g/mol. The van der Waals surface area contributed by atoms with Crippen molar-refractivity contribution in [3.05, 3.63) is 69.2 Å². The fourth-order valence-electron chi connectivity index (χ4n) is 2.28. The lowest BCUT2D eigenvalue weighted by molar-refractivity contribution is 0.583. The zero-order valence-electron chi connectivity index (χ0n) is 11.8. The maximum atomic E-state index is 6.67. The Balaban J connectivity index is 2.51. The number of hydrogen-bond acceptors (Lipinski definition) is 0. The number of alkyl halides is 1. The van der Waals surface area contributed by atoms with Gasteiger partial charge >= 0.3 is 0 Å². The summed E-state index contributed by atoms with van der Waals surface area (Å²) in [5.74, 6) is 0. The molecule has 1 unspecified atom stereocenters. The van der Waals surface area contributed by atoms with Crippen molar-refractivity contribution in [1.29, 1.82) is 0 Å². The molecular weight excluding hydrogens is 311 g/mol. The molecule has 1 atom stereocenters. The van der Waals surface area contributed by atoms with Crippen LogP contribution in [0.1, 0.15) is 42.8 Å². The van der Waals surface area contributed by atoms with Crippen LogP contribution >= 0.6 is 34.8 Å². The van der Waals surface area contributed by atoms with E-state index in [0.29, 0.717) is 10.0 Å². The van der Waals surface area contributed by atoms with Crippen molar-refractivity contribution in [2.45, 2.75) is 31.6 Å². The van der Waals surface area contributed by atoms with E-state index in [2.05, 4.69) is 32.9 Å². The molecule has 0 radical (unpaired) electrons. The van der Waals surface area contributed by atoms with E-state index >= 15 is 0 Å². The Hall–Kier alpha value is -0.690. The summed E-state index contributed by atoms with van der Waals surface area (Å²) in [7, 11) is 0. The molecule has 0 heterocycles. The zero-order chi connectivity index (χ0) is 14.9. The molecule has 0 N–H and O–H groups in total. The normalized spacial score (nSPS) is 13.3. The molecule has 20 heavy (non-hydrogen) atoms. The standard InChI is InChI=1S/C17H17Cl3/c1-17(2,3)14-7-5-4-6-12(14)16(20)13-9-8-11(18)10-15(13)19/h4-10,16H,1-3H3. The first-order valence-electron chi connectivity index (χ1n) is 6.49. The van der Waals surface area contributed by atoms with Gasteiger partial charge in [0.05, 0.1) is 5.38 Å². The molecule has 0 amide bonds. The summed E-state index contributed by atoms with van der Waals surface area (Å²) in [6.07, 6.45) is 0. The predicted octanol–water partition coefficient (Wildman–Crippen LogP) is 6.62. The summed E-state index contributed by atoms with van der Waals surface area (Å²) < 4.78 is 0. The average Bonchev–Trinajstić information content (AvgIpc) is 2.37. The lowest BCUT2D eigenvalue weighted by Gasteiger charge is -2.25. The van der Waals surface area contributed by atoms with Crippen LogP contribution in [0, 0.1) is 0 Å². The minimum Gasteiger partial charge on any atom is -0.113 e. The van der Waals surface area contributed by atoms with Crippen LogP contribution in [0.3, 0.4) is 0 Å². The van der Waals surface area contributed by atoms with Gasteiger partial charge in [-0.2, -0.15) is 0 Å². The third-order valence-electron chi connectivity index (χ3n) is 3.28. The first-order chi connectivity index (χ1) is 9.30. The second-order valence-electron chi connectivity index (χ2n) is 5.87. The second kappa shape index (κ2) is 5.97. The summed E-state index contributed by atoms with van der Waals surface area (Å²) in [5, 5.41) is 0.933. The van der Waals surface area contributed by atoms with Crippen LogP contribution in [0.15, 0.2) is 42.5 Å². The van der Waals surface area contributed by atoms with Gasteiger partial charge in [0.2, 0.25) is 0 Å². The Kier molecular flexibility index (Phi) is 4.69. The van der Waals surface area contributed by atoms with E-state index in [1.165, 1.54) is 5.56 Å². The molecule has 0 aliphatic carbocycles. The highest BCUT2D eigenvalue weighted by Gasteiger charge is 2.23. The molecule has 3 heteroatoms. The third-order valence-corrected chi connectivity index (χ3v) is 4.31. The van der Waals surface area contributed by atoms with Crippen LogP contribution < -0.4 is 0 Å². The minimum absolute atomic E-state index is 0.0304. The number of benzene rings is 2. The molecule has 0 aromatic heterocycles. The Labute approximate surface area is 135 Å². The highest BCUT2D eigenvalue weighted by Crippen LogP contribution is 2.39. The van der Waals surface area contributed by atoms with Crippen molar-refractivity contribution in [1.82, 2.24) is 0 Å². The van der Waals surface area contributed by atoms with Gasteiger partial charge in [0, 0.05) is 10.0 Å². The van der Waals surface area contributed by atoms with E-state index in [0.717, 1.165) is 11.1 Å². The number of halogens is 3. The Morgan fingerprint density at radius 3 is 2.15 bits per heavy atom. The van der Waals surface area contributed by atoms with Crippen molar-refractivity contribution in [2.75, 3.05) is 0 Å².